The van der Waals surface area contributed by atoms with Gasteiger partial charge in [0, 0.05) is 6.26 Å². The molecule has 0 aromatic carbocycles. The fraction of sp³-hybridized carbons (Fsp3) is 0.400. The van der Waals surface area contributed by atoms with E-state index in [-0.39, 0.29) is 17.7 Å². The number of sulfone groups is 1. The normalized spacial score (nSPS) is 12.8. The first-order valence-corrected chi connectivity index (χ1v) is 7.06. The average molecular weight is 273 g/mol. The van der Waals surface area contributed by atoms with Crippen LogP contribution in [0.2, 0.25) is 0 Å². The molecule has 18 heavy (non-hydrogen) atoms. The second-order valence-electron chi connectivity index (χ2n) is 3.84. The van der Waals surface area contributed by atoms with Crippen molar-refractivity contribution in [2.24, 2.45) is 0 Å². The molecule has 100 valence electrons. The predicted octanol–water partition coefficient (Wildman–Crippen LogP) is -0.0126. The van der Waals surface area contributed by atoms with Crippen LogP contribution in [0.5, 0.6) is 0 Å². The van der Waals surface area contributed by atoms with Gasteiger partial charge in [-0.2, -0.15) is 0 Å². The molecular weight excluding hydrogens is 258 g/mol. The van der Waals surface area contributed by atoms with Crippen molar-refractivity contribution in [2.45, 2.75) is 18.0 Å². The molecule has 2 amide bonds. The van der Waals surface area contributed by atoms with Crippen LogP contribution in [-0.2, 0) is 9.84 Å². The van der Waals surface area contributed by atoms with Crippen molar-refractivity contribution in [2.75, 3.05) is 18.2 Å². The lowest BCUT2D eigenvalue weighted by atomic mass is 10.4. The number of carbonyl (C=O) groups excluding carboxylic acids is 1. The Morgan fingerprint density at radius 3 is 2.61 bits per heavy atom. The number of anilines is 1. The summed E-state index contributed by atoms with van der Waals surface area (Å²) in [5.74, 6) is 0. The van der Waals surface area contributed by atoms with Crippen LogP contribution < -0.4 is 10.6 Å². The number of nitrogens with one attached hydrogen (secondary N) is 2. The molecule has 3 N–H and O–H groups in total. The van der Waals surface area contributed by atoms with Crippen molar-refractivity contribution < 1.29 is 18.3 Å². The predicted molar refractivity (Wildman–Crippen MR) is 66.0 cm³/mol. The minimum Gasteiger partial charge on any atom is -0.394 e. The number of aromatic nitrogens is 1. The second kappa shape index (κ2) is 5.78. The van der Waals surface area contributed by atoms with Gasteiger partial charge in [-0.3, -0.25) is 0 Å². The number of urea groups is 1. The molecule has 0 saturated heterocycles. The zero-order valence-electron chi connectivity index (χ0n) is 10.0. The molecule has 8 heteroatoms. The summed E-state index contributed by atoms with van der Waals surface area (Å²) in [6.07, 6.45) is 2.30. The summed E-state index contributed by atoms with van der Waals surface area (Å²) in [7, 11) is -3.34. The van der Waals surface area contributed by atoms with E-state index < -0.39 is 15.9 Å². The molecule has 0 saturated carbocycles. The maximum Gasteiger partial charge on any atom is 0.319 e. The van der Waals surface area contributed by atoms with Crippen LogP contribution in [0, 0.1) is 0 Å². The van der Waals surface area contributed by atoms with Gasteiger partial charge in [0.2, 0.25) is 0 Å². The fourth-order valence-corrected chi connectivity index (χ4v) is 1.67. The number of rotatable bonds is 4. The molecule has 1 unspecified atom stereocenters. The summed E-state index contributed by atoms with van der Waals surface area (Å²) >= 11 is 0. The van der Waals surface area contributed by atoms with Crippen molar-refractivity contribution in [3.8, 4) is 0 Å². The van der Waals surface area contributed by atoms with Crippen LogP contribution in [0.25, 0.3) is 0 Å². The number of nitrogens with zero attached hydrogens (tertiary/aromatic N) is 1. The number of aliphatic hydroxyl groups excluding tert-OH is 1. The maximum absolute atomic E-state index is 11.4. The van der Waals surface area contributed by atoms with E-state index in [0.717, 1.165) is 6.26 Å². The molecule has 0 radical (unpaired) electrons. The van der Waals surface area contributed by atoms with E-state index in [4.69, 9.17) is 5.11 Å². The summed E-state index contributed by atoms with van der Waals surface area (Å²) in [6, 6.07) is 1.88. The maximum atomic E-state index is 11.4. The molecule has 0 bridgehead atoms. The van der Waals surface area contributed by atoms with Gasteiger partial charge in [-0.15, -0.1) is 0 Å². The van der Waals surface area contributed by atoms with E-state index >= 15 is 0 Å². The Morgan fingerprint density at radius 1 is 1.50 bits per heavy atom. The first-order valence-electron chi connectivity index (χ1n) is 5.17. The number of carbonyl (C=O) groups is 1. The highest BCUT2D eigenvalue weighted by atomic mass is 32.2. The lowest BCUT2D eigenvalue weighted by Gasteiger charge is -2.11. The highest BCUT2D eigenvalue weighted by molar-refractivity contribution is 7.90. The zero-order chi connectivity index (χ0) is 13.8. The molecule has 1 atom stereocenters. The molecular formula is C10H15N3O4S. The number of pyridine rings is 1. The van der Waals surface area contributed by atoms with Crippen LogP contribution >= 0.6 is 0 Å². The lowest BCUT2D eigenvalue weighted by Crippen LogP contribution is -2.38. The molecule has 1 aromatic heterocycles. The van der Waals surface area contributed by atoms with Crippen LogP contribution in [0.15, 0.2) is 23.4 Å². The van der Waals surface area contributed by atoms with Gasteiger partial charge in [-0.05, 0) is 19.1 Å². The fourth-order valence-electron chi connectivity index (χ4n) is 1.11. The van der Waals surface area contributed by atoms with E-state index in [0.29, 0.717) is 5.69 Å². The first-order chi connectivity index (χ1) is 8.32. The van der Waals surface area contributed by atoms with Gasteiger partial charge >= 0.3 is 6.03 Å². The second-order valence-corrected chi connectivity index (χ2v) is 5.80. The van der Waals surface area contributed by atoms with E-state index in [9.17, 15) is 13.2 Å². The number of amides is 2. The largest absolute Gasteiger partial charge is 0.394 e. The summed E-state index contributed by atoms with van der Waals surface area (Å²) in [5.41, 5.74) is 0.366. The Balaban J connectivity index is 2.67. The molecule has 7 nitrogen and oxygen atoms in total. The summed E-state index contributed by atoms with van der Waals surface area (Å²) < 4.78 is 22.3. The molecule has 0 aliphatic rings. The minimum atomic E-state index is -3.34. The number of aliphatic hydroxyl groups is 1. The van der Waals surface area contributed by atoms with Gasteiger partial charge in [-0.1, -0.05) is 0 Å². The van der Waals surface area contributed by atoms with Crippen LogP contribution in [-0.4, -0.2) is 43.4 Å². The minimum absolute atomic E-state index is 0.0582. The van der Waals surface area contributed by atoms with Gasteiger partial charge in [0.15, 0.2) is 14.9 Å². The average Bonchev–Trinajstić information content (AvgIpc) is 2.28. The standard InChI is InChI=1S/C10H15N3O4S/c1-7(6-14)12-10(15)13-8-3-4-9(11-5-8)18(2,16)17/h3-5,7,14H,6H2,1-2H3,(H2,12,13,15). The Bertz CT molecular complexity index is 512. The third kappa shape index (κ3) is 4.30. The molecule has 1 heterocycles. The Labute approximate surface area is 105 Å². The SMILES string of the molecule is CC(CO)NC(=O)Nc1ccc(S(C)(=O)=O)nc1. The highest BCUT2D eigenvalue weighted by Gasteiger charge is 2.10. The quantitative estimate of drug-likeness (QED) is 0.715. The smallest absolute Gasteiger partial charge is 0.319 e. The van der Waals surface area contributed by atoms with Gasteiger partial charge in [-0.25, -0.2) is 18.2 Å². The first kappa shape index (κ1) is 14.4. The molecule has 0 aliphatic heterocycles. The van der Waals surface area contributed by atoms with E-state index in [2.05, 4.69) is 15.6 Å². The van der Waals surface area contributed by atoms with Gasteiger partial charge in [0.1, 0.15) is 0 Å². The zero-order valence-corrected chi connectivity index (χ0v) is 10.9. The molecule has 0 spiro atoms. The van der Waals surface area contributed by atoms with E-state index in [1.807, 2.05) is 0 Å². The Morgan fingerprint density at radius 2 is 2.17 bits per heavy atom. The van der Waals surface area contributed by atoms with Crippen molar-refractivity contribution in [3.05, 3.63) is 18.3 Å². The van der Waals surface area contributed by atoms with Crippen molar-refractivity contribution in [3.63, 3.8) is 0 Å². The van der Waals surface area contributed by atoms with Crippen LogP contribution in [0.3, 0.4) is 0 Å². The molecule has 0 fully saturated rings. The lowest BCUT2D eigenvalue weighted by molar-refractivity contribution is 0.229. The Hall–Kier alpha value is -1.67. The molecule has 1 aromatic rings. The third-order valence-electron chi connectivity index (χ3n) is 2.03. The summed E-state index contributed by atoms with van der Waals surface area (Å²) in [4.78, 5) is 15.1. The topological polar surface area (TPSA) is 108 Å². The summed E-state index contributed by atoms with van der Waals surface area (Å²) in [5, 5.41) is 13.6. The van der Waals surface area contributed by atoms with Crippen LogP contribution in [0.1, 0.15) is 6.92 Å². The van der Waals surface area contributed by atoms with E-state index in [1.54, 1.807) is 6.92 Å². The van der Waals surface area contributed by atoms with Gasteiger partial charge in [0.05, 0.1) is 24.5 Å². The number of hydrogen-bond acceptors (Lipinski definition) is 5. The van der Waals surface area contributed by atoms with Gasteiger partial charge in [0.25, 0.3) is 0 Å². The van der Waals surface area contributed by atoms with Crippen molar-refractivity contribution in [1.82, 2.24) is 10.3 Å². The molecule has 1 rings (SSSR count). The highest BCUT2D eigenvalue weighted by Crippen LogP contribution is 2.09. The van der Waals surface area contributed by atoms with Crippen LogP contribution in [0.4, 0.5) is 10.5 Å². The van der Waals surface area contributed by atoms with Crippen molar-refractivity contribution >= 4 is 21.6 Å². The monoisotopic (exact) mass is 273 g/mol. The van der Waals surface area contributed by atoms with E-state index in [1.165, 1.54) is 18.3 Å². The number of hydrogen-bond donors (Lipinski definition) is 3. The molecule has 0 aliphatic carbocycles. The summed E-state index contributed by atoms with van der Waals surface area (Å²) in [6.45, 7) is 1.48. The van der Waals surface area contributed by atoms with Crippen molar-refractivity contribution in [1.29, 1.82) is 0 Å². The van der Waals surface area contributed by atoms with Gasteiger partial charge < -0.3 is 15.7 Å². The Kier molecular flexibility index (Phi) is 4.62. The third-order valence-corrected chi connectivity index (χ3v) is 3.03.